The molecule has 0 radical (unpaired) electrons. The number of nitrogens with zero attached hydrogens (tertiary/aromatic N) is 2. The Morgan fingerprint density at radius 1 is 1.21 bits per heavy atom. The lowest BCUT2D eigenvalue weighted by atomic mass is 10.1. The molecule has 2 rings (SSSR count). The summed E-state index contributed by atoms with van der Waals surface area (Å²) in [7, 11) is 4.06. The van der Waals surface area contributed by atoms with E-state index >= 15 is 0 Å². The van der Waals surface area contributed by atoms with Gasteiger partial charge in [0.25, 0.3) is 5.91 Å². The number of benzene rings is 1. The number of likely N-dealkylation sites (N-methyl/N-ethyl adjacent to an activating group) is 1. The maximum atomic E-state index is 12.3. The van der Waals surface area contributed by atoms with Crippen LogP contribution in [0, 0.1) is 0 Å². The van der Waals surface area contributed by atoms with Gasteiger partial charge in [-0.1, -0.05) is 0 Å². The van der Waals surface area contributed by atoms with Gasteiger partial charge in [0, 0.05) is 30.3 Å². The van der Waals surface area contributed by atoms with Gasteiger partial charge in [-0.3, -0.25) is 9.59 Å². The van der Waals surface area contributed by atoms with Crippen LogP contribution in [-0.2, 0) is 0 Å². The highest BCUT2D eigenvalue weighted by molar-refractivity contribution is 5.97. The van der Waals surface area contributed by atoms with Crippen LogP contribution in [0.3, 0.4) is 0 Å². The van der Waals surface area contributed by atoms with Crippen LogP contribution >= 0.6 is 0 Å². The first-order chi connectivity index (χ1) is 8.99. The topological polar surface area (TPSA) is 66.6 Å². The molecule has 5 nitrogen and oxygen atoms in total. The summed E-state index contributed by atoms with van der Waals surface area (Å²) in [5, 5.41) is 0. The zero-order chi connectivity index (χ0) is 14.0. The predicted octanol–water partition coefficient (Wildman–Crippen LogP) is 0.562. The van der Waals surface area contributed by atoms with Gasteiger partial charge in [0.1, 0.15) is 0 Å². The van der Waals surface area contributed by atoms with E-state index in [-0.39, 0.29) is 5.91 Å². The molecule has 5 heteroatoms. The highest BCUT2D eigenvalue weighted by Gasteiger charge is 2.27. The summed E-state index contributed by atoms with van der Waals surface area (Å²) in [4.78, 5) is 27.3. The fraction of sp³-hybridized carbons (Fsp3) is 0.429. The molecule has 1 aliphatic heterocycles. The minimum atomic E-state index is -0.479. The van der Waals surface area contributed by atoms with Crippen molar-refractivity contribution in [1.82, 2.24) is 9.80 Å². The zero-order valence-corrected chi connectivity index (χ0v) is 11.3. The van der Waals surface area contributed by atoms with Crippen LogP contribution < -0.4 is 5.73 Å². The third kappa shape index (κ3) is 2.93. The Morgan fingerprint density at radius 3 is 2.26 bits per heavy atom. The first kappa shape index (κ1) is 13.5. The van der Waals surface area contributed by atoms with E-state index in [1.54, 1.807) is 24.3 Å². The number of nitrogens with two attached hydrogens (primary N) is 1. The molecule has 2 N–H and O–H groups in total. The second-order valence-electron chi connectivity index (χ2n) is 5.10. The van der Waals surface area contributed by atoms with Crippen LogP contribution in [0.15, 0.2) is 24.3 Å². The van der Waals surface area contributed by atoms with Crippen molar-refractivity contribution in [3.05, 3.63) is 35.4 Å². The zero-order valence-electron chi connectivity index (χ0n) is 11.3. The molecule has 1 saturated heterocycles. The molecular formula is C14H19N3O2. The Balaban J connectivity index is 2.06. The van der Waals surface area contributed by atoms with Gasteiger partial charge in [-0.05, 0) is 44.8 Å². The van der Waals surface area contributed by atoms with E-state index in [0.717, 1.165) is 19.5 Å². The second-order valence-corrected chi connectivity index (χ2v) is 5.10. The number of likely N-dealkylation sites (tertiary alicyclic amines) is 1. The van der Waals surface area contributed by atoms with Crippen LogP contribution in [-0.4, -0.2) is 54.8 Å². The molecule has 0 spiro atoms. The molecule has 1 fully saturated rings. The van der Waals surface area contributed by atoms with Crippen LogP contribution in [0.2, 0.25) is 0 Å². The summed E-state index contributed by atoms with van der Waals surface area (Å²) < 4.78 is 0. The quantitative estimate of drug-likeness (QED) is 0.864. The number of carbonyl (C=O) groups is 2. The lowest BCUT2D eigenvalue weighted by molar-refractivity contribution is 0.0782. The molecule has 0 aliphatic carbocycles. The Morgan fingerprint density at radius 2 is 1.79 bits per heavy atom. The standard InChI is InChI=1S/C14H19N3O2/c1-16(2)12-7-8-17(9-12)14(19)11-5-3-10(4-6-11)13(15)18/h3-6,12H,7-9H2,1-2H3,(H2,15,18). The highest BCUT2D eigenvalue weighted by atomic mass is 16.2. The van der Waals surface area contributed by atoms with Gasteiger partial charge in [-0.2, -0.15) is 0 Å². The van der Waals surface area contributed by atoms with Crippen LogP contribution in [0.1, 0.15) is 27.1 Å². The van der Waals surface area contributed by atoms with Crippen molar-refractivity contribution in [3.63, 3.8) is 0 Å². The largest absolute Gasteiger partial charge is 0.366 e. The maximum absolute atomic E-state index is 12.3. The van der Waals surface area contributed by atoms with Crippen LogP contribution in [0.4, 0.5) is 0 Å². The summed E-state index contributed by atoms with van der Waals surface area (Å²) in [5.74, 6) is -0.465. The molecule has 1 heterocycles. The number of primary amides is 1. The van der Waals surface area contributed by atoms with Crippen molar-refractivity contribution in [2.75, 3.05) is 27.2 Å². The van der Waals surface area contributed by atoms with Crippen molar-refractivity contribution < 1.29 is 9.59 Å². The molecule has 2 amide bonds. The lowest BCUT2D eigenvalue weighted by Gasteiger charge is -2.20. The molecule has 19 heavy (non-hydrogen) atoms. The average molecular weight is 261 g/mol. The summed E-state index contributed by atoms with van der Waals surface area (Å²) in [6.07, 6.45) is 0.998. The van der Waals surface area contributed by atoms with Crippen molar-refractivity contribution in [2.45, 2.75) is 12.5 Å². The Labute approximate surface area is 113 Å². The monoisotopic (exact) mass is 261 g/mol. The third-order valence-electron chi connectivity index (χ3n) is 3.60. The van der Waals surface area contributed by atoms with Crippen molar-refractivity contribution >= 4 is 11.8 Å². The van der Waals surface area contributed by atoms with Crippen molar-refractivity contribution in [3.8, 4) is 0 Å². The molecule has 1 aliphatic rings. The number of carbonyl (C=O) groups excluding carboxylic acids is 2. The Kier molecular flexibility index (Phi) is 3.85. The summed E-state index contributed by atoms with van der Waals surface area (Å²) in [6.45, 7) is 1.53. The normalized spacial score (nSPS) is 18.9. The first-order valence-electron chi connectivity index (χ1n) is 6.34. The van der Waals surface area contributed by atoms with E-state index in [9.17, 15) is 9.59 Å². The van der Waals surface area contributed by atoms with Gasteiger partial charge in [0.05, 0.1) is 0 Å². The molecule has 1 aromatic carbocycles. The molecular weight excluding hydrogens is 242 g/mol. The Bertz CT molecular complexity index is 482. The number of rotatable bonds is 3. The molecule has 102 valence electrons. The van der Waals surface area contributed by atoms with Gasteiger partial charge in [-0.15, -0.1) is 0 Å². The molecule has 0 saturated carbocycles. The van der Waals surface area contributed by atoms with Crippen LogP contribution in [0.5, 0.6) is 0 Å². The Hall–Kier alpha value is -1.88. The van der Waals surface area contributed by atoms with Crippen molar-refractivity contribution in [2.24, 2.45) is 5.73 Å². The molecule has 0 bridgehead atoms. The van der Waals surface area contributed by atoms with Crippen LogP contribution in [0.25, 0.3) is 0 Å². The van der Waals surface area contributed by atoms with E-state index in [0.29, 0.717) is 17.2 Å². The number of hydrogen-bond acceptors (Lipinski definition) is 3. The fourth-order valence-corrected chi connectivity index (χ4v) is 2.31. The van der Waals surface area contributed by atoms with Crippen molar-refractivity contribution in [1.29, 1.82) is 0 Å². The number of amides is 2. The third-order valence-corrected chi connectivity index (χ3v) is 3.60. The molecule has 1 atom stereocenters. The first-order valence-corrected chi connectivity index (χ1v) is 6.34. The van der Waals surface area contributed by atoms with E-state index in [2.05, 4.69) is 4.90 Å². The van der Waals surface area contributed by atoms with Gasteiger partial charge in [-0.25, -0.2) is 0 Å². The number of hydrogen-bond donors (Lipinski definition) is 1. The summed E-state index contributed by atoms with van der Waals surface area (Å²) in [5.41, 5.74) is 6.20. The average Bonchev–Trinajstić information content (AvgIpc) is 2.87. The van der Waals surface area contributed by atoms with Gasteiger partial charge in [0.2, 0.25) is 5.91 Å². The highest BCUT2D eigenvalue weighted by Crippen LogP contribution is 2.16. The lowest BCUT2D eigenvalue weighted by Crippen LogP contribution is -2.34. The van der Waals surface area contributed by atoms with E-state index in [1.165, 1.54) is 0 Å². The summed E-state index contributed by atoms with van der Waals surface area (Å²) >= 11 is 0. The van der Waals surface area contributed by atoms with E-state index in [4.69, 9.17) is 5.73 Å². The van der Waals surface area contributed by atoms with Gasteiger partial charge in [0.15, 0.2) is 0 Å². The minimum absolute atomic E-state index is 0.0142. The van der Waals surface area contributed by atoms with E-state index in [1.807, 2.05) is 19.0 Å². The minimum Gasteiger partial charge on any atom is -0.366 e. The molecule has 0 aromatic heterocycles. The maximum Gasteiger partial charge on any atom is 0.253 e. The SMILES string of the molecule is CN(C)C1CCN(C(=O)c2ccc(C(N)=O)cc2)C1. The van der Waals surface area contributed by atoms with E-state index < -0.39 is 5.91 Å². The fourth-order valence-electron chi connectivity index (χ4n) is 2.31. The second kappa shape index (κ2) is 5.40. The predicted molar refractivity (Wildman–Crippen MR) is 73.0 cm³/mol. The smallest absolute Gasteiger partial charge is 0.253 e. The van der Waals surface area contributed by atoms with Gasteiger partial charge < -0.3 is 15.5 Å². The van der Waals surface area contributed by atoms with Gasteiger partial charge >= 0.3 is 0 Å². The molecule has 1 unspecified atom stereocenters. The summed E-state index contributed by atoms with van der Waals surface area (Å²) in [6, 6.07) is 6.93. The molecule has 1 aromatic rings.